The van der Waals surface area contributed by atoms with E-state index in [0.29, 0.717) is 5.56 Å². The molecule has 0 aliphatic heterocycles. The minimum Gasteiger partial charge on any atom is -0.372 e. The molecule has 0 radical (unpaired) electrons. The fourth-order valence-corrected chi connectivity index (χ4v) is 2.55. The van der Waals surface area contributed by atoms with Crippen LogP contribution in [0.2, 0.25) is 0 Å². The van der Waals surface area contributed by atoms with E-state index >= 15 is 0 Å². The van der Waals surface area contributed by atoms with Gasteiger partial charge in [-0.1, -0.05) is 45.0 Å². The number of nitrogens with zero attached hydrogens (tertiary/aromatic N) is 1. The minimum absolute atomic E-state index is 0.0371. The Labute approximate surface area is 138 Å². The van der Waals surface area contributed by atoms with E-state index in [9.17, 15) is 14.4 Å². The van der Waals surface area contributed by atoms with E-state index in [4.69, 9.17) is 0 Å². The van der Waals surface area contributed by atoms with Gasteiger partial charge in [0.2, 0.25) is 0 Å². The summed E-state index contributed by atoms with van der Waals surface area (Å²) >= 11 is 0. The third-order valence-electron chi connectivity index (χ3n) is 3.93. The second kappa shape index (κ2) is 5.60. The van der Waals surface area contributed by atoms with Gasteiger partial charge in [0.05, 0.1) is 10.9 Å². The molecule has 0 spiro atoms. The maximum Gasteiger partial charge on any atom is 0.429 e. The lowest BCUT2D eigenvalue weighted by molar-refractivity contribution is 0.0951. The second-order valence-corrected chi connectivity index (χ2v) is 6.64. The molecule has 0 saturated carbocycles. The molecule has 1 aromatic heterocycles. The zero-order chi connectivity index (χ0) is 17.5. The number of fused-ring (bicyclic) bond motifs is 1. The van der Waals surface area contributed by atoms with Crippen molar-refractivity contribution >= 4 is 16.8 Å². The number of rotatable bonds is 1. The van der Waals surface area contributed by atoms with E-state index in [0.717, 1.165) is 10.1 Å². The Balaban J connectivity index is 2.16. The summed E-state index contributed by atoms with van der Waals surface area (Å²) in [6.45, 7) is 6.23. The first-order chi connectivity index (χ1) is 11.3. The highest BCUT2D eigenvalue weighted by Crippen LogP contribution is 2.22. The van der Waals surface area contributed by atoms with Crippen LogP contribution in [-0.4, -0.2) is 10.5 Å². The van der Waals surface area contributed by atoms with Crippen LogP contribution >= 0.6 is 0 Å². The third-order valence-corrected chi connectivity index (χ3v) is 3.93. The Morgan fingerprint density at radius 3 is 2.21 bits per heavy atom. The van der Waals surface area contributed by atoms with Crippen LogP contribution < -0.4 is 11.4 Å². The van der Waals surface area contributed by atoms with Gasteiger partial charge >= 0.3 is 11.4 Å². The summed E-state index contributed by atoms with van der Waals surface area (Å²) < 4.78 is 5.56. The molecule has 0 saturated heterocycles. The largest absolute Gasteiger partial charge is 0.429 e. The van der Waals surface area contributed by atoms with Gasteiger partial charge in [-0.15, -0.1) is 0 Å². The molecule has 0 atom stereocenters. The maximum atomic E-state index is 12.8. The first kappa shape index (κ1) is 15.9. The molecule has 5 heteroatoms. The molecule has 0 aliphatic rings. The predicted molar refractivity (Wildman–Crippen MR) is 91.6 cm³/mol. The number of aromatic nitrogens is 1. The van der Waals surface area contributed by atoms with Gasteiger partial charge in [-0.05, 0) is 35.2 Å². The van der Waals surface area contributed by atoms with Crippen molar-refractivity contribution < 1.29 is 9.21 Å². The molecular weight excluding hydrogens is 306 g/mol. The summed E-state index contributed by atoms with van der Waals surface area (Å²) in [5.41, 5.74) is 0.885. The van der Waals surface area contributed by atoms with Crippen molar-refractivity contribution in [3.8, 4) is 0 Å². The third kappa shape index (κ3) is 2.69. The highest BCUT2D eigenvalue weighted by molar-refractivity contribution is 6.00. The van der Waals surface area contributed by atoms with Crippen LogP contribution in [0.4, 0.5) is 0 Å². The van der Waals surface area contributed by atoms with Crippen molar-refractivity contribution in [2.75, 3.05) is 0 Å². The Morgan fingerprint density at radius 2 is 1.58 bits per heavy atom. The van der Waals surface area contributed by atoms with Crippen LogP contribution in [0.3, 0.4) is 0 Å². The average Bonchev–Trinajstić information content (AvgIpc) is 2.54. The van der Waals surface area contributed by atoms with Crippen molar-refractivity contribution in [1.82, 2.24) is 4.57 Å². The molecule has 0 aliphatic carbocycles. The number of hydrogen-bond donors (Lipinski definition) is 0. The van der Waals surface area contributed by atoms with Crippen molar-refractivity contribution in [1.29, 1.82) is 0 Å². The van der Waals surface area contributed by atoms with Crippen LogP contribution in [0, 0.1) is 0 Å². The van der Waals surface area contributed by atoms with Gasteiger partial charge in [0, 0.05) is 5.56 Å². The summed E-state index contributed by atoms with van der Waals surface area (Å²) in [5, 5.41) is 0.191. The number of benzene rings is 2. The average molecular weight is 323 g/mol. The number of carbonyl (C=O) groups excluding carboxylic acids is 1. The molecule has 5 nitrogen and oxygen atoms in total. The molecule has 0 amide bonds. The fourth-order valence-electron chi connectivity index (χ4n) is 2.55. The highest BCUT2D eigenvalue weighted by Gasteiger charge is 2.18. The Bertz CT molecular complexity index is 1030. The minimum atomic E-state index is -0.983. The fraction of sp³-hybridized carbons (Fsp3) is 0.211. The highest BCUT2D eigenvalue weighted by atomic mass is 16.4. The molecule has 0 N–H and O–H groups in total. The van der Waals surface area contributed by atoms with Crippen molar-refractivity contribution in [3.05, 3.63) is 80.6 Å². The van der Waals surface area contributed by atoms with E-state index < -0.39 is 17.3 Å². The van der Waals surface area contributed by atoms with Crippen LogP contribution in [-0.2, 0) is 5.41 Å². The molecule has 3 aromatic rings. The summed E-state index contributed by atoms with van der Waals surface area (Å²) in [6.07, 6.45) is 0. The quantitative estimate of drug-likeness (QED) is 0.690. The maximum absolute atomic E-state index is 12.8. The van der Waals surface area contributed by atoms with Gasteiger partial charge < -0.3 is 4.42 Å². The van der Waals surface area contributed by atoms with Crippen LogP contribution in [0.25, 0.3) is 10.9 Å². The first-order valence-electron chi connectivity index (χ1n) is 7.59. The van der Waals surface area contributed by atoms with Gasteiger partial charge in [0.25, 0.3) is 5.91 Å². The molecule has 1 heterocycles. The topological polar surface area (TPSA) is 69.3 Å². The monoisotopic (exact) mass is 323 g/mol. The van der Waals surface area contributed by atoms with E-state index in [2.05, 4.69) is 25.2 Å². The zero-order valence-corrected chi connectivity index (χ0v) is 13.7. The molecule has 0 unspecified atom stereocenters. The van der Waals surface area contributed by atoms with Gasteiger partial charge in [0.1, 0.15) is 0 Å². The second-order valence-electron chi connectivity index (χ2n) is 6.64. The number of para-hydroxylation sites is 1. The molecule has 2 aromatic carbocycles. The summed E-state index contributed by atoms with van der Waals surface area (Å²) in [5.74, 6) is -1.51. The smallest absolute Gasteiger partial charge is 0.372 e. The van der Waals surface area contributed by atoms with Crippen LogP contribution in [0.15, 0.2) is 62.5 Å². The number of carbonyl (C=O) groups is 1. The lowest BCUT2D eigenvalue weighted by Gasteiger charge is -2.19. The molecule has 3 rings (SSSR count). The van der Waals surface area contributed by atoms with Gasteiger partial charge in [-0.3, -0.25) is 4.79 Å². The van der Waals surface area contributed by atoms with Gasteiger partial charge in [-0.2, -0.15) is 0 Å². The Kier molecular flexibility index (Phi) is 3.72. The molecule has 24 heavy (non-hydrogen) atoms. The SMILES string of the molecule is CC(C)(C)c1ccc(C(=O)n2c(=O)oc(=O)c3ccccc32)cc1. The molecule has 0 bridgehead atoms. The number of hydrogen-bond acceptors (Lipinski definition) is 4. The van der Waals surface area contributed by atoms with E-state index in [1.165, 1.54) is 6.07 Å². The summed E-state index contributed by atoms with van der Waals surface area (Å²) in [4.78, 5) is 36.6. The van der Waals surface area contributed by atoms with Gasteiger partial charge in [-0.25, -0.2) is 14.2 Å². The van der Waals surface area contributed by atoms with Crippen molar-refractivity contribution in [3.63, 3.8) is 0 Å². The van der Waals surface area contributed by atoms with E-state index in [1.54, 1.807) is 30.3 Å². The van der Waals surface area contributed by atoms with Crippen LogP contribution in [0.1, 0.15) is 36.7 Å². The van der Waals surface area contributed by atoms with E-state index in [1.807, 2.05) is 12.1 Å². The predicted octanol–water partition coefficient (Wildman–Crippen LogP) is 2.94. The zero-order valence-electron chi connectivity index (χ0n) is 13.7. The Morgan fingerprint density at radius 1 is 0.958 bits per heavy atom. The van der Waals surface area contributed by atoms with Gasteiger partial charge in [0.15, 0.2) is 0 Å². The normalized spacial score (nSPS) is 11.6. The van der Waals surface area contributed by atoms with Crippen LogP contribution in [0.5, 0.6) is 0 Å². The molecular formula is C19H17NO4. The first-order valence-corrected chi connectivity index (χ1v) is 7.59. The van der Waals surface area contributed by atoms with E-state index in [-0.39, 0.29) is 16.3 Å². The summed E-state index contributed by atoms with van der Waals surface area (Å²) in [6, 6.07) is 13.5. The lowest BCUT2D eigenvalue weighted by atomic mass is 9.86. The summed E-state index contributed by atoms with van der Waals surface area (Å²) in [7, 11) is 0. The molecule has 0 fully saturated rings. The van der Waals surface area contributed by atoms with Crippen molar-refractivity contribution in [2.24, 2.45) is 0 Å². The standard InChI is InChI=1S/C19H17NO4/c1-19(2,3)13-10-8-12(9-11-13)16(21)20-15-7-5-4-6-14(15)17(22)24-18(20)23/h4-11H,1-3H3. The molecule has 122 valence electrons. The Hall–Kier alpha value is -2.95. The lowest BCUT2D eigenvalue weighted by Crippen LogP contribution is -2.30. The van der Waals surface area contributed by atoms with Crippen molar-refractivity contribution in [2.45, 2.75) is 26.2 Å².